The molecule has 0 N–H and O–H groups in total. The molecule has 3 atom stereocenters. The normalized spacial score (nSPS) is 17.7. The first-order valence-electron chi connectivity index (χ1n) is 11.7. The quantitative estimate of drug-likeness (QED) is 0.0917. The van der Waals surface area contributed by atoms with Gasteiger partial charge >= 0.3 is 31.9 Å². The fraction of sp³-hybridized carbons (Fsp3) is 0.714. The SMILES string of the molecule is C=C[Si](C)(C)O[Si](C)(C=C)O[Si](C)(C)O[Si](C)(CCCOCC(OCF)C(F)(F)F)O[Si](C)(C)C=C. The molecular weight excluding hydrogens is 565 g/mol. The molecule has 212 valence electrons. The van der Waals surface area contributed by atoms with Gasteiger partial charge in [0.1, 0.15) is 0 Å². The molecule has 0 saturated heterocycles. The van der Waals surface area contributed by atoms with E-state index in [0.29, 0.717) is 12.5 Å². The highest BCUT2D eigenvalue weighted by Crippen LogP contribution is 2.30. The summed E-state index contributed by atoms with van der Waals surface area (Å²) in [5, 5.41) is 0. The minimum Gasteiger partial charge on any atom is -0.433 e. The lowest BCUT2D eigenvalue weighted by molar-refractivity contribution is -0.242. The van der Waals surface area contributed by atoms with Gasteiger partial charge in [0.05, 0.1) is 6.61 Å². The van der Waals surface area contributed by atoms with Gasteiger partial charge in [0.15, 0.2) is 29.6 Å². The molecule has 0 radical (unpaired) electrons. The van der Waals surface area contributed by atoms with Crippen LogP contribution in [0.15, 0.2) is 36.8 Å². The third-order valence-electron chi connectivity index (χ3n) is 5.03. The van der Waals surface area contributed by atoms with E-state index >= 15 is 0 Å². The monoisotopic (exact) mass is 608 g/mol. The van der Waals surface area contributed by atoms with Crippen LogP contribution in [0.2, 0.25) is 58.4 Å². The lowest BCUT2D eigenvalue weighted by atomic mass is 10.3. The van der Waals surface area contributed by atoms with Crippen LogP contribution in [0.25, 0.3) is 0 Å². The molecule has 0 heterocycles. The van der Waals surface area contributed by atoms with Gasteiger partial charge in [-0.15, -0.1) is 19.7 Å². The van der Waals surface area contributed by atoms with E-state index in [-0.39, 0.29) is 6.61 Å². The Labute approximate surface area is 219 Å². The lowest BCUT2D eigenvalue weighted by Crippen LogP contribution is -2.59. The second kappa shape index (κ2) is 14.2. The molecule has 0 spiro atoms. The van der Waals surface area contributed by atoms with E-state index in [1.54, 1.807) is 11.4 Å². The van der Waals surface area contributed by atoms with Gasteiger partial charge in [-0.1, -0.05) is 17.1 Å². The third kappa shape index (κ3) is 14.1. The van der Waals surface area contributed by atoms with Gasteiger partial charge in [-0.3, -0.25) is 0 Å². The zero-order chi connectivity index (χ0) is 28.5. The van der Waals surface area contributed by atoms with Crippen molar-refractivity contribution in [3.05, 3.63) is 36.8 Å². The summed E-state index contributed by atoms with van der Waals surface area (Å²) < 4.78 is 86.2. The summed E-state index contributed by atoms with van der Waals surface area (Å²) in [5.74, 6) is 0. The molecule has 0 aliphatic rings. The van der Waals surface area contributed by atoms with Gasteiger partial charge in [-0.05, 0) is 64.8 Å². The summed E-state index contributed by atoms with van der Waals surface area (Å²) >= 11 is 0. The van der Waals surface area contributed by atoms with Crippen LogP contribution in [0.3, 0.4) is 0 Å². The molecule has 0 aliphatic carbocycles. The summed E-state index contributed by atoms with van der Waals surface area (Å²) in [6.07, 6.45) is -6.63. The highest BCUT2D eigenvalue weighted by atomic mass is 28.5. The average Bonchev–Trinajstić information content (AvgIpc) is 2.70. The number of hydrogen-bond donors (Lipinski definition) is 0. The van der Waals surface area contributed by atoms with Crippen LogP contribution in [-0.2, 0) is 25.9 Å². The van der Waals surface area contributed by atoms with Gasteiger partial charge < -0.3 is 25.9 Å². The number of ether oxygens (including phenoxy) is 2. The largest absolute Gasteiger partial charge is 0.433 e. The number of halogens is 4. The second-order valence-electron chi connectivity index (χ2n) is 10.3. The highest BCUT2D eigenvalue weighted by molar-refractivity contribution is 6.93. The first-order chi connectivity index (χ1) is 16.2. The first-order valence-corrected chi connectivity index (χ1v) is 25.4. The predicted octanol–water partition coefficient (Wildman–Crippen LogP) is 6.77. The van der Waals surface area contributed by atoms with Crippen molar-refractivity contribution in [2.75, 3.05) is 20.1 Å². The standard InChI is InChI=1S/C21H44F4O6Si5/c1-12-32(4,5)28-35(10,14-3)30-34(8,9)31-36(11,29-33(6,7)13-2)17-15-16-26-18-20(27-19-22)21(23,24)25/h12-14,20H,1-3,15-19H2,4-11H3. The van der Waals surface area contributed by atoms with Crippen LogP contribution in [0.1, 0.15) is 6.42 Å². The van der Waals surface area contributed by atoms with Crippen molar-refractivity contribution in [2.24, 2.45) is 0 Å². The molecule has 0 rings (SSSR count). The molecule has 0 amide bonds. The van der Waals surface area contributed by atoms with Crippen LogP contribution >= 0.6 is 0 Å². The predicted molar refractivity (Wildman–Crippen MR) is 148 cm³/mol. The van der Waals surface area contributed by atoms with Crippen LogP contribution in [-0.4, -0.2) is 74.7 Å². The van der Waals surface area contributed by atoms with Crippen molar-refractivity contribution in [3.8, 4) is 0 Å². The van der Waals surface area contributed by atoms with E-state index in [9.17, 15) is 17.6 Å². The van der Waals surface area contributed by atoms with Crippen molar-refractivity contribution in [3.63, 3.8) is 0 Å². The maximum Gasteiger partial charge on any atom is 0.417 e. The van der Waals surface area contributed by atoms with Crippen LogP contribution in [0.4, 0.5) is 17.6 Å². The molecule has 15 heteroatoms. The molecule has 3 unspecified atom stereocenters. The van der Waals surface area contributed by atoms with Crippen LogP contribution < -0.4 is 0 Å². The topological polar surface area (TPSA) is 55.4 Å². The molecular formula is C21H44F4O6Si5. The Morgan fingerprint density at radius 1 is 0.778 bits per heavy atom. The number of hydrogen-bond acceptors (Lipinski definition) is 6. The molecule has 0 aromatic heterocycles. The summed E-state index contributed by atoms with van der Waals surface area (Å²) in [7, 11) is -12.9. The van der Waals surface area contributed by atoms with E-state index in [1.165, 1.54) is 0 Å². The first kappa shape index (κ1) is 35.8. The molecule has 6 nitrogen and oxygen atoms in total. The maximum atomic E-state index is 12.9. The minimum absolute atomic E-state index is 0.0117. The van der Waals surface area contributed by atoms with Crippen LogP contribution in [0.5, 0.6) is 0 Å². The third-order valence-corrected chi connectivity index (χ3v) is 23.8. The fourth-order valence-corrected chi connectivity index (χ4v) is 24.7. The maximum absolute atomic E-state index is 12.9. The summed E-state index contributed by atoms with van der Waals surface area (Å²) in [4.78, 5) is 0. The molecule has 0 aliphatic heterocycles. The Hall–Kier alpha value is -0.216. The Kier molecular flexibility index (Phi) is 14.2. The van der Waals surface area contributed by atoms with E-state index in [1.807, 2.05) is 58.1 Å². The lowest BCUT2D eigenvalue weighted by Gasteiger charge is -2.43. The van der Waals surface area contributed by atoms with Crippen molar-refractivity contribution >= 4 is 42.3 Å². The zero-order valence-corrected chi connectivity index (χ0v) is 27.9. The molecule has 0 fully saturated rings. The molecule has 0 aromatic carbocycles. The second-order valence-corrected chi connectivity index (χ2v) is 28.8. The Morgan fingerprint density at radius 3 is 1.75 bits per heavy atom. The molecule has 36 heavy (non-hydrogen) atoms. The van der Waals surface area contributed by atoms with Crippen molar-refractivity contribution in [1.82, 2.24) is 0 Å². The van der Waals surface area contributed by atoms with Crippen LogP contribution in [0, 0.1) is 0 Å². The minimum atomic E-state index is -4.71. The summed E-state index contributed by atoms with van der Waals surface area (Å²) in [6, 6.07) is 0.456. The van der Waals surface area contributed by atoms with E-state index in [2.05, 4.69) is 24.5 Å². The van der Waals surface area contributed by atoms with Crippen molar-refractivity contribution in [2.45, 2.75) is 77.1 Å². The molecule has 0 bridgehead atoms. The summed E-state index contributed by atoms with van der Waals surface area (Å²) in [6.45, 7) is 25.1. The smallest absolute Gasteiger partial charge is 0.417 e. The molecule has 0 aromatic rings. The van der Waals surface area contributed by atoms with Crippen molar-refractivity contribution < 1.29 is 43.5 Å². The van der Waals surface area contributed by atoms with Gasteiger partial charge in [0.2, 0.25) is 0 Å². The van der Waals surface area contributed by atoms with Gasteiger partial charge in [0.25, 0.3) is 0 Å². The Morgan fingerprint density at radius 2 is 1.31 bits per heavy atom. The summed E-state index contributed by atoms with van der Waals surface area (Å²) in [5.41, 5.74) is 5.37. The Balaban J connectivity index is 5.45. The number of rotatable bonds is 19. The average molecular weight is 609 g/mol. The molecule has 0 saturated carbocycles. The van der Waals surface area contributed by atoms with E-state index in [0.717, 1.165) is 0 Å². The van der Waals surface area contributed by atoms with E-state index in [4.69, 9.17) is 21.2 Å². The zero-order valence-electron chi connectivity index (χ0n) is 22.9. The fourth-order valence-electron chi connectivity index (χ4n) is 3.42. The number of alkyl halides is 4. The van der Waals surface area contributed by atoms with Crippen molar-refractivity contribution in [1.29, 1.82) is 0 Å². The Bertz CT molecular complexity index is 725. The van der Waals surface area contributed by atoms with Gasteiger partial charge in [-0.2, -0.15) is 13.2 Å². The van der Waals surface area contributed by atoms with Gasteiger partial charge in [0, 0.05) is 6.61 Å². The van der Waals surface area contributed by atoms with Gasteiger partial charge in [-0.25, -0.2) is 4.39 Å². The van der Waals surface area contributed by atoms with E-state index < -0.39 is 68.1 Å². The highest BCUT2D eigenvalue weighted by Gasteiger charge is 2.47.